The largest absolute Gasteiger partial charge is 0.497 e. The van der Waals surface area contributed by atoms with Crippen LogP contribution >= 0.6 is 0 Å². The van der Waals surface area contributed by atoms with E-state index in [1.165, 1.54) is 6.07 Å². The minimum absolute atomic E-state index is 0. The number of fused-ring (bicyclic) bond motifs is 1. The van der Waals surface area contributed by atoms with Gasteiger partial charge in [0.2, 0.25) is 5.95 Å². The zero-order valence-electron chi connectivity index (χ0n) is 18.4. The lowest BCUT2D eigenvalue weighted by molar-refractivity contribution is 0.350. The second-order valence-electron chi connectivity index (χ2n) is 8.31. The highest BCUT2D eigenvalue weighted by molar-refractivity contribution is 5.90. The summed E-state index contributed by atoms with van der Waals surface area (Å²) < 4.78 is 19.2. The van der Waals surface area contributed by atoms with Crippen molar-refractivity contribution >= 4 is 22.7 Å². The summed E-state index contributed by atoms with van der Waals surface area (Å²) in [7, 11) is 5.55. The first-order chi connectivity index (χ1) is 15.0. The molecule has 6 nitrogen and oxygen atoms in total. The second-order valence-corrected chi connectivity index (χ2v) is 8.31. The zero-order valence-corrected chi connectivity index (χ0v) is 18.4. The fourth-order valence-electron chi connectivity index (χ4n) is 4.14. The average Bonchev–Trinajstić information content (AvgIpc) is 2.78. The third-order valence-corrected chi connectivity index (χ3v) is 5.91. The zero-order chi connectivity index (χ0) is 21.8. The number of benzene rings is 2. The smallest absolute Gasteiger partial charge is 0.225 e. The van der Waals surface area contributed by atoms with Gasteiger partial charge in [-0.2, -0.15) is 4.98 Å². The number of nitrogens with one attached hydrogen (secondary N) is 2. The van der Waals surface area contributed by atoms with Crippen LogP contribution in [0.1, 0.15) is 38.7 Å². The van der Waals surface area contributed by atoms with Gasteiger partial charge in [-0.05, 0) is 43.9 Å². The lowest BCUT2D eigenvalue weighted by atomic mass is 9.91. The maximum atomic E-state index is 14.1. The maximum Gasteiger partial charge on any atom is 0.225 e. The van der Waals surface area contributed by atoms with E-state index in [2.05, 4.69) is 16.7 Å². The molecule has 32 heavy (non-hydrogen) atoms. The normalized spacial score (nSPS) is 18.1. The summed E-state index contributed by atoms with van der Waals surface area (Å²) in [5.74, 6) is 1.91. The van der Waals surface area contributed by atoms with Crippen molar-refractivity contribution in [3.05, 3.63) is 53.8 Å². The van der Waals surface area contributed by atoms with Crippen LogP contribution in [0.3, 0.4) is 0 Å². The number of hydrogen-bond acceptors (Lipinski definition) is 6. The van der Waals surface area contributed by atoms with Gasteiger partial charge >= 0.3 is 0 Å². The van der Waals surface area contributed by atoms with Crippen molar-refractivity contribution in [2.75, 3.05) is 31.4 Å². The van der Waals surface area contributed by atoms with E-state index in [1.807, 2.05) is 37.2 Å². The van der Waals surface area contributed by atoms with Crippen molar-refractivity contribution in [3.8, 4) is 5.75 Å². The number of aromatic nitrogens is 2. The van der Waals surface area contributed by atoms with Crippen LogP contribution in [0, 0.1) is 5.82 Å². The van der Waals surface area contributed by atoms with Crippen molar-refractivity contribution in [2.24, 2.45) is 0 Å². The number of para-hydroxylation sites is 1. The van der Waals surface area contributed by atoms with Gasteiger partial charge < -0.3 is 20.3 Å². The van der Waals surface area contributed by atoms with Crippen LogP contribution in [0.4, 0.5) is 16.2 Å². The van der Waals surface area contributed by atoms with Gasteiger partial charge in [-0.3, -0.25) is 0 Å². The molecule has 0 bridgehead atoms. The molecule has 0 spiro atoms. The van der Waals surface area contributed by atoms with E-state index < -0.39 is 0 Å². The van der Waals surface area contributed by atoms with E-state index >= 15 is 0 Å². The molecule has 0 amide bonds. The third-order valence-electron chi connectivity index (χ3n) is 5.91. The molecule has 0 saturated heterocycles. The number of methoxy groups -OCH3 is 1. The minimum atomic E-state index is -0.229. The number of anilines is 2. The number of rotatable bonds is 7. The average molecular weight is 440 g/mol. The van der Waals surface area contributed by atoms with Crippen LogP contribution in [-0.4, -0.2) is 43.3 Å². The van der Waals surface area contributed by atoms with Crippen molar-refractivity contribution in [1.29, 1.82) is 0 Å². The topological polar surface area (TPSA) is 62.3 Å². The van der Waals surface area contributed by atoms with Gasteiger partial charge in [-0.15, -0.1) is 0 Å². The van der Waals surface area contributed by atoms with E-state index in [4.69, 9.17) is 14.7 Å². The Labute approximate surface area is 190 Å². The molecule has 0 radical (unpaired) electrons. The van der Waals surface area contributed by atoms with E-state index in [0.717, 1.165) is 42.4 Å². The second kappa shape index (κ2) is 10.6. The molecule has 0 aliphatic heterocycles. The van der Waals surface area contributed by atoms with Crippen LogP contribution in [0.25, 0.3) is 10.9 Å². The third kappa shape index (κ3) is 5.46. The van der Waals surface area contributed by atoms with Crippen LogP contribution in [-0.2, 0) is 6.54 Å². The van der Waals surface area contributed by atoms with Crippen LogP contribution in [0.15, 0.2) is 42.5 Å². The predicted molar refractivity (Wildman–Crippen MR) is 130 cm³/mol. The fraction of sp³-hybridized carbons (Fsp3) is 0.440. The quantitative estimate of drug-likeness (QED) is 0.541. The van der Waals surface area contributed by atoms with Gasteiger partial charge in [0.15, 0.2) is 0 Å². The van der Waals surface area contributed by atoms with Gasteiger partial charge in [-0.25, -0.2) is 9.37 Å². The highest BCUT2D eigenvalue weighted by Gasteiger charge is 2.22. The SMILES string of the molecule is C.COc1ccc(CNC2CCC(Nc3nc(N(C)C)c4ccccc4n3)CC2)c(F)c1. The molecule has 7 heteroatoms. The molecule has 4 rings (SSSR count). The summed E-state index contributed by atoms with van der Waals surface area (Å²) >= 11 is 0. The van der Waals surface area contributed by atoms with Gasteiger partial charge in [0.1, 0.15) is 17.4 Å². The van der Waals surface area contributed by atoms with Gasteiger partial charge in [0.05, 0.1) is 12.6 Å². The molecule has 1 aliphatic rings. The number of ether oxygens (including phenoxy) is 1. The Bertz CT molecular complexity index is 1030. The highest BCUT2D eigenvalue weighted by Crippen LogP contribution is 2.26. The molecule has 1 heterocycles. The molecular formula is C25H34FN5O. The minimum Gasteiger partial charge on any atom is -0.497 e. The fourth-order valence-corrected chi connectivity index (χ4v) is 4.14. The number of halogens is 1. The summed E-state index contributed by atoms with van der Waals surface area (Å²) in [6, 6.07) is 13.8. The summed E-state index contributed by atoms with van der Waals surface area (Å²) in [6.45, 7) is 0.526. The molecule has 172 valence electrons. The van der Waals surface area contributed by atoms with Crippen molar-refractivity contribution in [1.82, 2.24) is 15.3 Å². The summed E-state index contributed by atoms with van der Waals surface area (Å²) in [6.07, 6.45) is 4.11. The summed E-state index contributed by atoms with van der Waals surface area (Å²) in [5, 5.41) is 8.09. The van der Waals surface area contributed by atoms with E-state index in [9.17, 15) is 4.39 Å². The molecular weight excluding hydrogens is 405 g/mol. The Hall–Kier alpha value is -2.93. The number of nitrogens with zero attached hydrogens (tertiary/aromatic N) is 3. The number of hydrogen-bond donors (Lipinski definition) is 2. The molecule has 0 unspecified atom stereocenters. The lowest BCUT2D eigenvalue weighted by Crippen LogP contribution is -2.37. The first-order valence-corrected chi connectivity index (χ1v) is 10.8. The Morgan fingerprint density at radius 3 is 2.44 bits per heavy atom. The summed E-state index contributed by atoms with van der Waals surface area (Å²) in [5.41, 5.74) is 1.61. The maximum absolute atomic E-state index is 14.1. The Balaban J connectivity index is 0.00000289. The Morgan fingerprint density at radius 1 is 1.03 bits per heavy atom. The Kier molecular flexibility index (Phi) is 7.85. The van der Waals surface area contributed by atoms with Crippen molar-refractivity contribution < 1.29 is 9.13 Å². The van der Waals surface area contributed by atoms with Crippen molar-refractivity contribution in [2.45, 2.75) is 51.7 Å². The molecule has 0 atom stereocenters. The molecule has 1 saturated carbocycles. The molecule has 1 fully saturated rings. The standard InChI is InChI=1S/C24H30FN5O.CH4/c1-30(2)23-20-6-4-5-7-22(20)28-24(29-23)27-18-11-9-17(10-12-18)26-15-16-8-13-19(31-3)14-21(16)25;/h4-8,13-14,17-18,26H,9-12,15H2,1-3H3,(H,27,28,29);1H4. The lowest BCUT2D eigenvalue weighted by Gasteiger charge is -2.30. The van der Waals surface area contributed by atoms with Crippen LogP contribution < -0.4 is 20.3 Å². The first kappa shape index (κ1) is 23.7. The van der Waals surface area contributed by atoms with Gasteiger partial charge in [0, 0.05) is 49.7 Å². The molecule has 1 aromatic heterocycles. The van der Waals surface area contributed by atoms with E-state index in [1.54, 1.807) is 19.2 Å². The van der Waals surface area contributed by atoms with E-state index in [0.29, 0.717) is 35.9 Å². The highest BCUT2D eigenvalue weighted by atomic mass is 19.1. The van der Waals surface area contributed by atoms with Gasteiger partial charge in [-0.1, -0.05) is 25.6 Å². The summed E-state index contributed by atoms with van der Waals surface area (Å²) in [4.78, 5) is 11.5. The Morgan fingerprint density at radius 2 is 1.75 bits per heavy atom. The molecule has 2 aromatic carbocycles. The van der Waals surface area contributed by atoms with Crippen LogP contribution in [0.2, 0.25) is 0 Å². The van der Waals surface area contributed by atoms with Crippen LogP contribution in [0.5, 0.6) is 5.75 Å². The monoisotopic (exact) mass is 439 g/mol. The molecule has 3 aromatic rings. The molecule has 2 N–H and O–H groups in total. The van der Waals surface area contributed by atoms with Crippen molar-refractivity contribution in [3.63, 3.8) is 0 Å². The predicted octanol–water partition coefficient (Wildman–Crippen LogP) is 4.99. The van der Waals surface area contributed by atoms with Gasteiger partial charge in [0.25, 0.3) is 0 Å². The first-order valence-electron chi connectivity index (χ1n) is 10.8. The van der Waals surface area contributed by atoms with E-state index in [-0.39, 0.29) is 13.2 Å². The molecule has 1 aliphatic carbocycles.